The van der Waals surface area contributed by atoms with Gasteiger partial charge in [-0.25, -0.2) is 5.06 Å². The number of ether oxygens (including phenoxy) is 1. The second-order valence-corrected chi connectivity index (χ2v) is 14.3. The maximum atomic E-state index is 11.9. The van der Waals surface area contributed by atoms with Crippen LogP contribution in [-0.4, -0.2) is 52.8 Å². The summed E-state index contributed by atoms with van der Waals surface area (Å²) in [6.45, 7) is 7.78. The van der Waals surface area contributed by atoms with Crippen LogP contribution in [0.25, 0.3) is 0 Å². The lowest BCUT2D eigenvalue weighted by Crippen LogP contribution is -2.67. The summed E-state index contributed by atoms with van der Waals surface area (Å²) >= 11 is 0. The summed E-state index contributed by atoms with van der Waals surface area (Å²) in [6.07, 6.45) is 4.15. The molecule has 0 heterocycles. The minimum atomic E-state index is -2.49. The van der Waals surface area contributed by atoms with E-state index in [0.29, 0.717) is 5.92 Å². The molecule has 0 aromatic heterocycles. The molecule has 0 saturated heterocycles. The Morgan fingerprint density at radius 2 is 1.45 bits per heavy atom. The van der Waals surface area contributed by atoms with Gasteiger partial charge in [-0.3, -0.25) is 9.63 Å². The van der Waals surface area contributed by atoms with Crippen molar-refractivity contribution in [2.45, 2.75) is 57.6 Å². The average Bonchev–Trinajstić information content (AvgIpc) is 2.83. The lowest BCUT2D eigenvalue weighted by atomic mass is 9.88. The quantitative estimate of drug-likeness (QED) is 0.409. The molecule has 3 rings (SSSR count). The zero-order valence-electron chi connectivity index (χ0n) is 20.8. The van der Waals surface area contributed by atoms with Crippen LogP contribution in [0, 0.1) is 5.92 Å². The van der Waals surface area contributed by atoms with Crippen LogP contribution >= 0.6 is 0 Å². The minimum Gasteiger partial charge on any atom is -0.407 e. The third kappa shape index (κ3) is 6.12. The van der Waals surface area contributed by atoms with Gasteiger partial charge in [0.2, 0.25) is 0 Å². The molecule has 0 N–H and O–H groups in total. The summed E-state index contributed by atoms with van der Waals surface area (Å²) in [5, 5.41) is 3.84. The first kappa shape index (κ1) is 25.6. The molecular weight excluding hydrogens is 430 g/mol. The molecule has 1 aliphatic carbocycles. The van der Waals surface area contributed by atoms with E-state index >= 15 is 0 Å². The van der Waals surface area contributed by atoms with Gasteiger partial charge in [0.15, 0.2) is 0 Å². The molecule has 1 amide bonds. The molecule has 5 nitrogen and oxygen atoms in total. The van der Waals surface area contributed by atoms with E-state index in [-0.39, 0.29) is 23.7 Å². The number of likely N-dealkylation sites (N-methyl/N-ethyl adjacent to an activating group) is 1. The lowest BCUT2D eigenvalue weighted by Gasteiger charge is -2.44. The van der Waals surface area contributed by atoms with Crippen molar-refractivity contribution in [3.63, 3.8) is 0 Å². The number of hydroxylamine groups is 2. The van der Waals surface area contributed by atoms with Gasteiger partial charge in [-0.2, -0.15) is 0 Å². The van der Waals surface area contributed by atoms with Crippen molar-refractivity contribution in [1.29, 1.82) is 0 Å². The van der Waals surface area contributed by atoms with Crippen LogP contribution < -0.4 is 10.4 Å². The topological polar surface area (TPSA) is 48.0 Å². The highest BCUT2D eigenvalue weighted by atomic mass is 28.4. The number of hydrogen-bond donors (Lipinski definition) is 0. The molecule has 1 fully saturated rings. The summed E-state index contributed by atoms with van der Waals surface area (Å²) < 4.78 is 13.0. The summed E-state index contributed by atoms with van der Waals surface area (Å²) in [6, 6.07) is 21.6. The SMILES string of the molecule is CON(C)C(=O)COC1CCC(CO[Si](c2ccccc2)(c2ccccc2)C(C)(C)C)CC1. The molecule has 33 heavy (non-hydrogen) atoms. The summed E-state index contributed by atoms with van der Waals surface area (Å²) in [5.41, 5.74) is 0. The Morgan fingerprint density at radius 3 is 1.91 bits per heavy atom. The number of hydrogen-bond acceptors (Lipinski definition) is 4. The first-order valence-electron chi connectivity index (χ1n) is 11.9. The van der Waals surface area contributed by atoms with E-state index < -0.39 is 8.32 Å². The Kier molecular flexibility index (Phi) is 8.87. The number of carbonyl (C=O) groups is 1. The van der Waals surface area contributed by atoms with Crippen LogP contribution in [0.15, 0.2) is 60.7 Å². The van der Waals surface area contributed by atoms with Crippen molar-refractivity contribution in [3.8, 4) is 0 Å². The van der Waals surface area contributed by atoms with E-state index in [1.54, 1.807) is 7.05 Å². The Morgan fingerprint density at radius 1 is 0.939 bits per heavy atom. The molecule has 0 atom stereocenters. The van der Waals surface area contributed by atoms with E-state index in [4.69, 9.17) is 14.0 Å². The monoisotopic (exact) mass is 469 g/mol. The Bertz CT molecular complexity index is 821. The van der Waals surface area contributed by atoms with E-state index in [1.807, 2.05) is 0 Å². The van der Waals surface area contributed by atoms with Crippen LogP contribution in [-0.2, 0) is 18.8 Å². The van der Waals surface area contributed by atoms with Gasteiger partial charge in [-0.05, 0) is 47.0 Å². The molecular formula is C27H39NO4Si. The molecule has 1 aliphatic rings. The van der Waals surface area contributed by atoms with Crippen molar-refractivity contribution in [3.05, 3.63) is 60.7 Å². The number of rotatable bonds is 9. The molecule has 0 aliphatic heterocycles. The van der Waals surface area contributed by atoms with Gasteiger partial charge in [0.25, 0.3) is 14.2 Å². The first-order chi connectivity index (χ1) is 15.8. The lowest BCUT2D eigenvalue weighted by molar-refractivity contribution is -0.175. The van der Waals surface area contributed by atoms with E-state index in [1.165, 1.54) is 22.5 Å². The third-order valence-corrected chi connectivity index (χ3v) is 11.8. The standard InChI is InChI=1S/C27H39NO4Si/c1-27(2,3)33(24-12-8-6-9-13-24,25-14-10-7-11-15-25)32-20-22-16-18-23(19-17-22)31-21-26(29)28(4)30-5/h6-15,22-23H,16-21H2,1-5H3. The van der Waals surface area contributed by atoms with Crippen molar-refractivity contribution in [2.75, 3.05) is 27.4 Å². The molecule has 2 aromatic rings. The fraction of sp³-hybridized carbons (Fsp3) is 0.519. The second kappa shape index (κ2) is 11.4. The molecule has 0 unspecified atom stereocenters. The highest BCUT2D eigenvalue weighted by Crippen LogP contribution is 2.38. The average molecular weight is 470 g/mol. The predicted octanol–water partition coefficient (Wildman–Crippen LogP) is 4.16. The molecule has 0 bridgehead atoms. The van der Waals surface area contributed by atoms with Gasteiger partial charge in [0.1, 0.15) is 6.61 Å². The normalized spacial score (nSPS) is 19.3. The minimum absolute atomic E-state index is 0.0102. The Balaban J connectivity index is 1.69. The molecule has 0 spiro atoms. The maximum Gasteiger partial charge on any atom is 0.271 e. The number of benzene rings is 2. The van der Waals surface area contributed by atoms with Crippen LogP contribution in [0.2, 0.25) is 5.04 Å². The molecule has 2 aromatic carbocycles. The first-order valence-corrected chi connectivity index (χ1v) is 13.9. The molecule has 0 radical (unpaired) electrons. The van der Waals surface area contributed by atoms with Crippen LogP contribution in [0.5, 0.6) is 0 Å². The second-order valence-electron chi connectivity index (χ2n) is 10.0. The fourth-order valence-electron chi connectivity index (χ4n) is 4.85. The summed E-state index contributed by atoms with van der Waals surface area (Å²) in [5.74, 6) is 0.346. The summed E-state index contributed by atoms with van der Waals surface area (Å²) in [7, 11) is 0.590. The predicted molar refractivity (Wildman–Crippen MR) is 135 cm³/mol. The Hall–Kier alpha value is -1.99. The number of amides is 1. The van der Waals surface area contributed by atoms with Gasteiger partial charge in [-0.15, -0.1) is 0 Å². The van der Waals surface area contributed by atoms with Gasteiger partial charge in [0, 0.05) is 13.7 Å². The summed E-state index contributed by atoms with van der Waals surface area (Å²) in [4.78, 5) is 16.8. The van der Waals surface area contributed by atoms with Crippen molar-refractivity contribution in [1.82, 2.24) is 5.06 Å². The van der Waals surface area contributed by atoms with Gasteiger partial charge in [-0.1, -0.05) is 81.4 Å². The largest absolute Gasteiger partial charge is 0.407 e. The van der Waals surface area contributed by atoms with Crippen LogP contribution in [0.3, 0.4) is 0 Å². The van der Waals surface area contributed by atoms with Gasteiger partial charge >= 0.3 is 0 Å². The zero-order valence-corrected chi connectivity index (χ0v) is 21.8. The van der Waals surface area contributed by atoms with E-state index in [9.17, 15) is 4.79 Å². The van der Waals surface area contributed by atoms with Crippen molar-refractivity contribution >= 4 is 24.6 Å². The van der Waals surface area contributed by atoms with E-state index in [2.05, 4.69) is 81.4 Å². The fourth-order valence-corrected chi connectivity index (χ4v) is 9.49. The smallest absolute Gasteiger partial charge is 0.271 e. The van der Waals surface area contributed by atoms with Crippen LogP contribution in [0.1, 0.15) is 46.5 Å². The van der Waals surface area contributed by atoms with Crippen LogP contribution in [0.4, 0.5) is 0 Å². The van der Waals surface area contributed by atoms with Crippen molar-refractivity contribution in [2.24, 2.45) is 5.92 Å². The van der Waals surface area contributed by atoms with E-state index in [0.717, 1.165) is 32.3 Å². The molecule has 1 saturated carbocycles. The Labute approximate surface area is 200 Å². The highest BCUT2D eigenvalue weighted by Gasteiger charge is 2.50. The van der Waals surface area contributed by atoms with Gasteiger partial charge < -0.3 is 9.16 Å². The third-order valence-electron chi connectivity index (χ3n) is 6.81. The number of nitrogens with zero attached hydrogens (tertiary/aromatic N) is 1. The van der Waals surface area contributed by atoms with Crippen molar-refractivity contribution < 1.29 is 18.8 Å². The zero-order chi connectivity index (χ0) is 23.9. The number of carbonyl (C=O) groups excluding carboxylic acids is 1. The van der Waals surface area contributed by atoms with Gasteiger partial charge in [0.05, 0.1) is 13.2 Å². The molecule has 6 heteroatoms. The highest BCUT2D eigenvalue weighted by molar-refractivity contribution is 6.99. The molecule has 180 valence electrons. The maximum absolute atomic E-state index is 11.9.